The second-order valence-electron chi connectivity index (χ2n) is 5.40. The number of benzene rings is 1. The van der Waals surface area contributed by atoms with Crippen LogP contribution < -0.4 is 16.6 Å². The van der Waals surface area contributed by atoms with E-state index in [1.807, 2.05) is 25.1 Å². The molecule has 4 nitrogen and oxygen atoms in total. The molecule has 0 bridgehead atoms. The average molecular weight is 247 g/mol. The van der Waals surface area contributed by atoms with Crippen LogP contribution in [0, 0.1) is 6.92 Å². The predicted octanol–water partition coefficient (Wildman–Crippen LogP) is 2.34. The van der Waals surface area contributed by atoms with Gasteiger partial charge in [0.25, 0.3) is 5.91 Å². The molecule has 1 aromatic rings. The highest BCUT2D eigenvalue weighted by Gasteiger charge is 2.30. The number of carbonyl (C=O) groups is 1. The van der Waals surface area contributed by atoms with Crippen molar-refractivity contribution in [2.45, 2.75) is 45.1 Å². The van der Waals surface area contributed by atoms with Crippen molar-refractivity contribution in [3.63, 3.8) is 0 Å². The summed E-state index contributed by atoms with van der Waals surface area (Å²) < 4.78 is 0. The smallest absolute Gasteiger partial charge is 0.251 e. The molecule has 1 aliphatic rings. The molecule has 1 aliphatic carbocycles. The van der Waals surface area contributed by atoms with Gasteiger partial charge in [0.15, 0.2) is 0 Å². The number of nitrogens with two attached hydrogens (primary N) is 1. The lowest BCUT2D eigenvalue weighted by Gasteiger charge is -2.25. The monoisotopic (exact) mass is 247 g/mol. The summed E-state index contributed by atoms with van der Waals surface area (Å²) in [5.74, 6) is 5.36. The fourth-order valence-electron chi connectivity index (χ4n) is 2.63. The van der Waals surface area contributed by atoms with Crippen LogP contribution >= 0.6 is 0 Å². The van der Waals surface area contributed by atoms with Gasteiger partial charge in [0, 0.05) is 16.8 Å². The lowest BCUT2D eigenvalue weighted by molar-refractivity contribution is 0.0907. The third kappa shape index (κ3) is 2.64. The van der Waals surface area contributed by atoms with Crippen LogP contribution in [-0.2, 0) is 0 Å². The lowest BCUT2D eigenvalue weighted by atomic mass is 9.99. The van der Waals surface area contributed by atoms with E-state index in [1.54, 1.807) is 0 Å². The van der Waals surface area contributed by atoms with Gasteiger partial charge in [-0.1, -0.05) is 12.8 Å². The second-order valence-corrected chi connectivity index (χ2v) is 5.40. The number of carbonyl (C=O) groups excluding carboxylic acids is 1. The molecule has 0 atom stereocenters. The fourth-order valence-corrected chi connectivity index (χ4v) is 2.63. The van der Waals surface area contributed by atoms with Gasteiger partial charge in [-0.15, -0.1) is 0 Å². The van der Waals surface area contributed by atoms with Crippen LogP contribution in [0.25, 0.3) is 0 Å². The molecule has 1 fully saturated rings. The molecular weight excluding hydrogens is 226 g/mol. The molecule has 0 aliphatic heterocycles. The van der Waals surface area contributed by atoms with Crippen molar-refractivity contribution in [3.8, 4) is 0 Å². The van der Waals surface area contributed by atoms with E-state index in [0.717, 1.165) is 29.7 Å². The quantitative estimate of drug-likeness (QED) is 0.567. The van der Waals surface area contributed by atoms with Crippen molar-refractivity contribution in [2.24, 2.45) is 5.84 Å². The minimum Gasteiger partial charge on any atom is -0.347 e. The van der Waals surface area contributed by atoms with Crippen LogP contribution in [0.3, 0.4) is 0 Å². The van der Waals surface area contributed by atoms with E-state index < -0.39 is 0 Å². The Morgan fingerprint density at radius 2 is 2.00 bits per heavy atom. The van der Waals surface area contributed by atoms with Crippen LogP contribution in [-0.4, -0.2) is 11.4 Å². The highest BCUT2D eigenvalue weighted by molar-refractivity contribution is 5.96. The number of hydrogen-bond acceptors (Lipinski definition) is 3. The second kappa shape index (κ2) is 4.98. The molecule has 0 spiro atoms. The van der Waals surface area contributed by atoms with E-state index in [0.29, 0.717) is 0 Å². The first-order valence-electron chi connectivity index (χ1n) is 6.44. The molecule has 18 heavy (non-hydrogen) atoms. The van der Waals surface area contributed by atoms with Crippen molar-refractivity contribution < 1.29 is 4.79 Å². The first kappa shape index (κ1) is 12.9. The molecule has 0 unspecified atom stereocenters. The molecule has 1 saturated carbocycles. The minimum absolute atomic E-state index is 0.0143. The van der Waals surface area contributed by atoms with Crippen LogP contribution in [0.5, 0.6) is 0 Å². The highest BCUT2D eigenvalue weighted by Crippen LogP contribution is 2.29. The largest absolute Gasteiger partial charge is 0.347 e. The van der Waals surface area contributed by atoms with Crippen molar-refractivity contribution in [1.29, 1.82) is 0 Å². The number of amides is 1. The number of aryl methyl sites for hydroxylation is 1. The van der Waals surface area contributed by atoms with E-state index in [2.05, 4.69) is 17.7 Å². The first-order chi connectivity index (χ1) is 8.54. The fraction of sp³-hybridized carbons (Fsp3) is 0.500. The van der Waals surface area contributed by atoms with Crippen LogP contribution in [0.15, 0.2) is 18.2 Å². The maximum absolute atomic E-state index is 12.3. The SMILES string of the molecule is Cc1cc(NN)ccc1C(=O)NC1(C)CCCC1. The Morgan fingerprint density at radius 3 is 2.56 bits per heavy atom. The molecule has 98 valence electrons. The third-order valence-corrected chi connectivity index (χ3v) is 3.76. The van der Waals surface area contributed by atoms with Gasteiger partial charge in [0.1, 0.15) is 0 Å². The highest BCUT2D eigenvalue weighted by atomic mass is 16.1. The van der Waals surface area contributed by atoms with Crippen molar-refractivity contribution in [1.82, 2.24) is 5.32 Å². The van der Waals surface area contributed by atoms with Gasteiger partial charge in [-0.05, 0) is 50.5 Å². The summed E-state index contributed by atoms with van der Waals surface area (Å²) >= 11 is 0. The Labute approximate surface area is 108 Å². The Bertz CT molecular complexity index is 450. The molecule has 0 radical (unpaired) electrons. The van der Waals surface area contributed by atoms with Crippen LogP contribution in [0.1, 0.15) is 48.5 Å². The summed E-state index contributed by atoms with van der Waals surface area (Å²) in [6, 6.07) is 5.52. The number of nitrogen functional groups attached to an aromatic ring is 1. The van der Waals surface area contributed by atoms with E-state index in [1.165, 1.54) is 12.8 Å². The van der Waals surface area contributed by atoms with Gasteiger partial charge in [-0.2, -0.15) is 0 Å². The summed E-state index contributed by atoms with van der Waals surface area (Å²) in [5.41, 5.74) is 5.02. The molecule has 1 amide bonds. The van der Waals surface area contributed by atoms with Crippen LogP contribution in [0.4, 0.5) is 5.69 Å². The van der Waals surface area contributed by atoms with Gasteiger partial charge in [0.2, 0.25) is 0 Å². The number of anilines is 1. The van der Waals surface area contributed by atoms with E-state index in [9.17, 15) is 4.79 Å². The summed E-state index contributed by atoms with van der Waals surface area (Å²) in [7, 11) is 0. The number of hydrazine groups is 1. The van der Waals surface area contributed by atoms with Gasteiger partial charge >= 0.3 is 0 Å². The van der Waals surface area contributed by atoms with E-state index in [4.69, 9.17) is 5.84 Å². The Hall–Kier alpha value is -1.55. The number of nitrogens with one attached hydrogen (secondary N) is 2. The minimum atomic E-state index is -0.0334. The standard InChI is InChI=1S/C14H21N3O/c1-10-9-11(17-15)5-6-12(10)13(18)16-14(2)7-3-4-8-14/h5-6,9,17H,3-4,7-8,15H2,1-2H3,(H,16,18). The molecule has 0 heterocycles. The zero-order valence-electron chi connectivity index (χ0n) is 11.0. The van der Waals surface area contributed by atoms with Crippen molar-refractivity contribution in [3.05, 3.63) is 29.3 Å². The Kier molecular flexibility index (Phi) is 3.57. The van der Waals surface area contributed by atoms with Crippen molar-refractivity contribution >= 4 is 11.6 Å². The maximum Gasteiger partial charge on any atom is 0.251 e. The third-order valence-electron chi connectivity index (χ3n) is 3.76. The predicted molar refractivity (Wildman–Crippen MR) is 73.3 cm³/mol. The molecule has 2 rings (SSSR count). The number of hydrogen-bond donors (Lipinski definition) is 3. The Balaban J connectivity index is 2.13. The Morgan fingerprint density at radius 1 is 1.33 bits per heavy atom. The van der Waals surface area contributed by atoms with Gasteiger partial charge in [-0.25, -0.2) is 0 Å². The summed E-state index contributed by atoms with van der Waals surface area (Å²) in [4.78, 5) is 12.3. The van der Waals surface area contributed by atoms with Crippen molar-refractivity contribution in [2.75, 3.05) is 5.43 Å². The van der Waals surface area contributed by atoms with Crippen LogP contribution in [0.2, 0.25) is 0 Å². The number of rotatable bonds is 3. The average Bonchev–Trinajstić information content (AvgIpc) is 2.75. The lowest BCUT2D eigenvalue weighted by Crippen LogP contribution is -2.43. The first-order valence-corrected chi connectivity index (χ1v) is 6.44. The zero-order chi connectivity index (χ0) is 13.2. The molecular formula is C14H21N3O. The maximum atomic E-state index is 12.3. The van der Waals surface area contributed by atoms with E-state index in [-0.39, 0.29) is 11.4 Å². The molecule has 4 heteroatoms. The molecule has 0 aromatic heterocycles. The van der Waals surface area contributed by atoms with Gasteiger partial charge < -0.3 is 10.7 Å². The zero-order valence-corrected chi connectivity index (χ0v) is 11.0. The summed E-state index contributed by atoms with van der Waals surface area (Å²) in [6.45, 7) is 4.05. The molecule has 0 saturated heterocycles. The normalized spacial score (nSPS) is 17.5. The van der Waals surface area contributed by atoms with Gasteiger partial charge in [0.05, 0.1) is 0 Å². The summed E-state index contributed by atoms with van der Waals surface area (Å²) in [6.07, 6.45) is 4.54. The topological polar surface area (TPSA) is 67.1 Å². The van der Waals surface area contributed by atoms with Gasteiger partial charge in [-0.3, -0.25) is 10.6 Å². The molecule has 1 aromatic carbocycles. The van der Waals surface area contributed by atoms with E-state index >= 15 is 0 Å². The molecule has 4 N–H and O–H groups in total. The summed E-state index contributed by atoms with van der Waals surface area (Å²) in [5, 5.41) is 3.16.